The van der Waals surface area contributed by atoms with E-state index in [0.717, 1.165) is 19.6 Å². The fraction of sp³-hybridized carbons (Fsp3) is 0.600. The van der Waals surface area contributed by atoms with Crippen LogP contribution in [0.25, 0.3) is 0 Å². The van der Waals surface area contributed by atoms with E-state index < -0.39 is 0 Å². The second kappa shape index (κ2) is 4.75. The Balaban J connectivity index is 1.95. The smallest absolute Gasteiger partial charge is 0.0329 e. The quantitative estimate of drug-likeness (QED) is 0.890. The first-order valence-electron chi connectivity index (χ1n) is 4.93. The Morgan fingerprint density at radius 1 is 1.50 bits per heavy atom. The first-order chi connectivity index (χ1) is 6.75. The summed E-state index contributed by atoms with van der Waals surface area (Å²) in [5.74, 6) is 0. The summed E-state index contributed by atoms with van der Waals surface area (Å²) in [5.41, 5.74) is 0. The second-order valence-corrected chi connectivity index (χ2v) is 5.84. The van der Waals surface area contributed by atoms with Gasteiger partial charge in [0.15, 0.2) is 0 Å². The summed E-state index contributed by atoms with van der Waals surface area (Å²) in [6, 6.07) is 2.25. The van der Waals surface area contributed by atoms with Gasteiger partial charge in [-0.1, -0.05) is 0 Å². The molecule has 1 aliphatic rings. The zero-order valence-electron chi connectivity index (χ0n) is 8.35. The number of piperazine rings is 1. The van der Waals surface area contributed by atoms with Crippen molar-refractivity contribution in [1.82, 2.24) is 10.2 Å². The van der Waals surface area contributed by atoms with Crippen LogP contribution in [0.15, 0.2) is 10.5 Å². The Hall–Kier alpha value is 0.100. The van der Waals surface area contributed by atoms with Crippen molar-refractivity contribution in [2.24, 2.45) is 0 Å². The largest absolute Gasteiger partial charge is 0.314 e. The van der Waals surface area contributed by atoms with Gasteiger partial charge >= 0.3 is 0 Å². The molecule has 4 heteroatoms. The van der Waals surface area contributed by atoms with E-state index in [2.05, 4.69) is 39.1 Å². The van der Waals surface area contributed by atoms with Gasteiger partial charge < -0.3 is 5.32 Å². The maximum atomic E-state index is 3.56. The summed E-state index contributed by atoms with van der Waals surface area (Å²) >= 11 is 5.46. The summed E-state index contributed by atoms with van der Waals surface area (Å²) in [6.45, 7) is 7.88. The Morgan fingerprint density at radius 2 is 2.21 bits per heavy atom. The number of hydrogen-bond acceptors (Lipinski definition) is 3. The molecule has 0 aromatic carbocycles. The van der Waals surface area contributed by atoms with Gasteiger partial charge in [0.1, 0.15) is 0 Å². The molecule has 2 heterocycles. The molecule has 0 saturated carbocycles. The van der Waals surface area contributed by atoms with Crippen molar-refractivity contribution in [3.05, 3.63) is 20.3 Å². The number of hydrogen-bond donors (Lipinski definition) is 1. The van der Waals surface area contributed by atoms with Gasteiger partial charge in [0.05, 0.1) is 0 Å². The number of nitrogens with zero attached hydrogens (tertiary/aromatic N) is 1. The molecule has 14 heavy (non-hydrogen) atoms. The minimum Gasteiger partial charge on any atom is -0.314 e. The summed E-state index contributed by atoms with van der Waals surface area (Å²) in [4.78, 5) is 5.36. The van der Waals surface area contributed by atoms with E-state index >= 15 is 0 Å². The van der Waals surface area contributed by atoms with Gasteiger partial charge in [-0.05, 0) is 28.9 Å². The zero-order valence-corrected chi connectivity index (χ0v) is 10.7. The molecule has 0 radical (unpaired) electrons. The van der Waals surface area contributed by atoms with Crippen LogP contribution in [0.2, 0.25) is 0 Å². The highest BCUT2D eigenvalue weighted by Gasteiger charge is 2.11. The van der Waals surface area contributed by atoms with E-state index in [4.69, 9.17) is 0 Å². The van der Waals surface area contributed by atoms with Gasteiger partial charge in [0.25, 0.3) is 0 Å². The number of nitrogens with one attached hydrogen (secondary N) is 1. The molecule has 0 bridgehead atoms. The third-order valence-electron chi connectivity index (χ3n) is 2.50. The molecule has 0 amide bonds. The molecular weight excluding hydrogens is 260 g/mol. The van der Waals surface area contributed by atoms with E-state index in [1.54, 1.807) is 0 Å². The Bertz CT molecular complexity index is 286. The second-order valence-electron chi connectivity index (χ2n) is 3.64. The van der Waals surface area contributed by atoms with Crippen molar-refractivity contribution in [2.45, 2.75) is 13.5 Å². The predicted octanol–water partition coefficient (Wildman–Crippen LogP) is 2.22. The topological polar surface area (TPSA) is 15.3 Å². The van der Waals surface area contributed by atoms with Crippen LogP contribution in [0, 0.1) is 6.92 Å². The van der Waals surface area contributed by atoms with Crippen molar-refractivity contribution < 1.29 is 0 Å². The van der Waals surface area contributed by atoms with Crippen LogP contribution in [0.4, 0.5) is 0 Å². The molecular formula is C10H15BrN2S. The summed E-state index contributed by atoms with van der Waals surface area (Å²) < 4.78 is 1.26. The number of thiophene rings is 1. The fourth-order valence-corrected chi connectivity index (χ4v) is 3.33. The molecule has 0 atom stereocenters. The van der Waals surface area contributed by atoms with Gasteiger partial charge in [0, 0.05) is 47.0 Å². The van der Waals surface area contributed by atoms with Gasteiger partial charge in [0.2, 0.25) is 0 Å². The Kier molecular flexibility index (Phi) is 3.60. The molecule has 1 fully saturated rings. The minimum atomic E-state index is 1.11. The third kappa shape index (κ3) is 2.57. The third-order valence-corrected chi connectivity index (χ3v) is 4.62. The highest BCUT2D eigenvalue weighted by molar-refractivity contribution is 9.10. The summed E-state index contributed by atoms with van der Waals surface area (Å²) in [5, 5.41) is 3.37. The van der Waals surface area contributed by atoms with Crippen LogP contribution in [0.1, 0.15) is 9.75 Å². The van der Waals surface area contributed by atoms with Gasteiger partial charge in [-0.2, -0.15) is 0 Å². The van der Waals surface area contributed by atoms with Crippen LogP contribution in [0.3, 0.4) is 0 Å². The lowest BCUT2D eigenvalue weighted by atomic mass is 10.3. The summed E-state index contributed by atoms with van der Waals surface area (Å²) in [7, 11) is 0. The molecule has 1 aromatic rings. The van der Waals surface area contributed by atoms with Crippen LogP contribution in [-0.4, -0.2) is 31.1 Å². The zero-order chi connectivity index (χ0) is 9.97. The maximum absolute atomic E-state index is 3.56. The average molecular weight is 275 g/mol. The average Bonchev–Trinajstić information content (AvgIpc) is 2.47. The monoisotopic (exact) mass is 274 g/mol. The molecule has 1 N–H and O–H groups in total. The summed E-state index contributed by atoms with van der Waals surface area (Å²) in [6.07, 6.45) is 0. The highest BCUT2D eigenvalue weighted by atomic mass is 79.9. The van der Waals surface area contributed by atoms with E-state index in [0.29, 0.717) is 0 Å². The Labute approximate surface area is 97.4 Å². The van der Waals surface area contributed by atoms with Crippen LogP contribution in [0.5, 0.6) is 0 Å². The Morgan fingerprint density at radius 3 is 2.79 bits per heavy atom. The normalized spacial score (nSPS) is 18.7. The number of halogens is 1. The number of rotatable bonds is 2. The lowest BCUT2D eigenvalue weighted by Gasteiger charge is -2.26. The van der Waals surface area contributed by atoms with Crippen LogP contribution < -0.4 is 5.32 Å². The molecule has 1 aliphatic heterocycles. The molecule has 78 valence electrons. The van der Waals surface area contributed by atoms with Gasteiger partial charge in [-0.15, -0.1) is 11.3 Å². The van der Waals surface area contributed by atoms with E-state index in [-0.39, 0.29) is 0 Å². The van der Waals surface area contributed by atoms with Crippen molar-refractivity contribution in [3.63, 3.8) is 0 Å². The first kappa shape index (κ1) is 10.6. The van der Waals surface area contributed by atoms with Crippen molar-refractivity contribution in [2.75, 3.05) is 26.2 Å². The molecule has 0 aliphatic carbocycles. The van der Waals surface area contributed by atoms with Gasteiger partial charge in [-0.25, -0.2) is 0 Å². The first-order valence-corrected chi connectivity index (χ1v) is 6.54. The molecule has 2 nitrogen and oxygen atoms in total. The van der Waals surface area contributed by atoms with Crippen molar-refractivity contribution >= 4 is 27.3 Å². The SMILES string of the molecule is Cc1sc(CN2CCNCC2)cc1Br. The van der Waals surface area contributed by atoms with E-state index in [9.17, 15) is 0 Å². The standard InChI is InChI=1S/C10H15BrN2S/c1-8-10(11)6-9(14-8)7-13-4-2-12-3-5-13/h6,12H,2-5,7H2,1H3. The molecule has 1 saturated heterocycles. The lowest BCUT2D eigenvalue weighted by molar-refractivity contribution is 0.235. The van der Waals surface area contributed by atoms with E-state index in [1.165, 1.54) is 27.3 Å². The molecule has 0 unspecified atom stereocenters. The van der Waals surface area contributed by atoms with Gasteiger partial charge in [-0.3, -0.25) is 4.90 Å². The predicted molar refractivity (Wildman–Crippen MR) is 64.9 cm³/mol. The molecule has 1 aromatic heterocycles. The lowest BCUT2D eigenvalue weighted by Crippen LogP contribution is -2.42. The van der Waals surface area contributed by atoms with Crippen LogP contribution >= 0.6 is 27.3 Å². The van der Waals surface area contributed by atoms with Crippen molar-refractivity contribution in [1.29, 1.82) is 0 Å². The fourth-order valence-electron chi connectivity index (χ4n) is 1.69. The van der Waals surface area contributed by atoms with E-state index in [1.807, 2.05) is 11.3 Å². The highest BCUT2D eigenvalue weighted by Crippen LogP contribution is 2.27. The van der Waals surface area contributed by atoms with Crippen LogP contribution in [-0.2, 0) is 6.54 Å². The minimum absolute atomic E-state index is 1.11. The molecule has 0 spiro atoms. The maximum Gasteiger partial charge on any atom is 0.0329 e. The van der Waals surface area contributed by atoms with Crippen molar-refractivity contribution in [3.8, 4) is 0 Å². The molecule has 2 rings (SSSR count). The number of aryl methyl sites for hydroxylation is 1.